The van der Waals surface area contributed by atoms with Crippen molar-refractivity contribution in [1.82, 2.24) is 15.8 Å². The highest BCUT2D eigenvalue weighted by molar-refractivity contribution is 5.95. The summed E-state index contributed by atoms with van der Waals surface area (Å²) in [5, 5.41) is 25.2. The number of nitrogens with zero attached hydrogens (tertiary/aromatic N) is 1. The highest BCUT2D eigenvalue weighted by atomic mass is 16.5. The lowest BCUT2D eigenvalue weighted by molar-refractivity contribution is 0.0829. The first-order valence-corrected chi connectivity index (χ1v) is 14.4. The van der Waals surface area contributed by atoms with Crippen LogP contribution in [0.15, 0.2) is 53.1 Å². The summed E-state index contributed by atoms with van der Waals surface area (Å²) in [6, 6.07) is 14.9. The number of aliphatic hydroxyl groups is 1. The number of ether oxygens (including phenoxy) is 2. The van der Waals surface area contributed by atoms with Crippen LogP contribution in [0.3, 0.4) is 0 Å². The van der Waals surface area contributed by atoms with E-state index in [4.69, 9.17) is 14.0 Å². The molecule has 1 aliphatic rings. The highest BCUT2D eigenvalue weighted by Gasteiger charge is 2.24. The van der Waals surface area contributed by atoms with Gasteiger partial charge in [0.2, 0.25) is 0 Å². The molecule has 1 amide bonds. The number of hydrogen-bond acceptors (Lipinski definition) is 8. The zero-order valence-electron chi connectivity index (χ0n) is 24.7. The number of benzene rings is 2. The van der Waals surface area contributed by atoms with Gasteiger partial charge in [0.05, 0.1) is 31.1 Å². The van der Waals surface area contributed by atoms with Crippen LogP contribution in [0.4, 0.5) is 5.69 Å². The SMILES string of the molecule is COCc1cc2cc(c1)C(=O)N[C@H]([C@H](O)CNCc1cc(CC(C)(C)C)on1)Cc1cccc(c1)OCCCCN2. The molecule has 0 spiro atoms. The number of carbonyl (C=O) groups excluding carboxylic acids is 1. The van der Waals surface area contributed by atoms with Crippen LogP contribution in [0.2, 0.25) is 0 Å². The van der Waals surface area contributed by atoms with Crippen molar-refractivity contribution in [3.05, 3.63) is 76.7 Å². The summed E-state index contributed by atoms with van der Waals surface area (Å²) in [5.41, 5.74) is 4.13. The summed E-state index contributed by atoms with van der Waals surface area (Å²) in [6.07, 6.45) is 2.21. The lowest BCUT2D eigenvalue weighted by atomic mass is 9.91. The van der Waals surface area contributed by atoms with Crippen molar-refractivity contribution in [1.29, 1.82) is 0 Å². The maximum atomic E-state index is 13.5. The van der Waals surface area contributed by atoms with Crippen molar-refractivity contribution in [2.75, 3.05) is 32.1 Å². The normalized spacial score (nSPS) is 17.3. The fourth-order valence-electron chi connectivity index (χ4n) is 4.91. The van der Waals surface area contributed by atoms with Crippen molar-refractivity contribution < 1.29 is 23.9 Å². The molecule has 41 heavy (non-hydrogen) atoms. The van der Waals surface area contributed by atoms with Crippen LogP contribution in [0, 0.1) is 5.41 Å². The first-order chi connectivity index (χ1) is 19.7. The number of fused-ring (bicyclic) bond motifs is 4. The predicted molar refractivity (Wildman–Crippen MR) is 159 cm³/mol. The van der Waals surface area contributed by atoms with E-state index in [1.165, 1.54) is 0 Å². The van der Waals surface area contributed by atoms with E-state index in [1.807, 2.05) is 48.5 Å². The van der Waals surface area contributed by atoms with Crippen molar-refractivity contribution in [2.24, 2.45) is 5.41 Å². The van der Waals surface area contributed by atoms with Gasteiger partial charge in [-0.15, -0.1) is 0 Å². The molecule has 4 N–H and O–H groups in total. The summed E-state index contributed by atoms with van der Waals surface area (Å²) in [4.78, 5) is 13.5. The van der Waals surface area contributed by atoms with Crippen LogP contribution in [-0.2, 0) is 30.7 Å². The first-order valence-electron chi connectivity index (χ1n) is 14.4. The van der Waals surface area contributed by atoms with Crippen LogP contribution < -0.4 is 20.7 Å². The smallest absolute Gasteiger partial charge is 0.251 e. The van der Waals surface area contributed by atoms with Gasteiger partial charge in [-0.25, -0.2) is 0 Å². The molecule has 4 rings (SSSR count). The minimum absolute atomic E-state index is 0.102. The molecule has 9 heteroatoms. The molecule has 0 saturated heterocycles. The van der Waals surface area contributed by atoms with Crippen LogP contribution in [0.5, 0.6) is 5.75 Å². The molecule has 0 fully saturated rings. The van der Waals surface area contributed by atoms with Crippen LogP contribution in [0.1, 0.15) is 66.6 Å². The van der Waals surface area contributed by atoms with E-state index < -0.39 is 12.1 Å². The summed E-state index contributed by atoms with van der Waals surface area (Å²) in [5.74, 6) is 1.37. The number of aromatic nitrogens is 1. The van der Waals surface area contributed by atoms with Gasteiger partial charge in [-0.3, -0.25) is 4.79 Å². The van der Waals surface area contributed by atoms with Crippen molar-refractivity contribution in [3.63, 3.8) is 0 Å². The van der Waals surface area contributed by atoms with Gasteiger partial charge >= 0.3 is 0 Å². The van der Waals surface area contributed by atoms with E-state index in [0.717, 1.165) is 59.8 Å². The second-order valence-corrected chi connectivity index (χ2v) is 12.0. The number of amides is 1. The second kappa shape index (κ2) is 14.5. The number of methoxy groups -OCH3 is 1. The molecule has 2 aromatic carbocycles. The van der Waals surface area contributed by atoms with Gasteiger partial charge in [0.1, 0.15) is 11.5 Å². The third kappa shape index (κ3) is 9.88. The van der Waals surface area contributed by atoms with Crippen LogP contribution in [0.25, 0.3) is 0 Å². The summed E-state index contributed by atoms with van der Waals surface area (Å²) >= 11 is 0. The van der Waals surface area contributed by atoms with E-state index in [2.05, 4.69) is 41.9 Å². The quantitative estimate of drug-likeness (QED) is 0.316. The number of aliphatic hydroxyl groups excluding tert-OH is 1. The van der Waals surface area contributed by atoms with E-state index in [0.29, 0.717) is 31.7 Å². The molecule has 4 bridgehead atoms. The lowest BCUT2D eigenvalue weighted by Gasteiger charge is -2.25. The fourth-order valence-corrected chi connectivity index (χ4v) is 4.91. The number of carbonyl (C=O) groups is 1. The third-order valence-corrected chi connectivity index (χ3v) is 6.84. The molecule has 222 valence electrons. The van der Waals surface area contributed by atoms with Gasteiger partial charge in [-0.05, 0) is 66.1 Å². The maximum Gasteiger partial charge on any atom is 0.251 e. The molecule has 2 atom stereocenters. The summed E-state index contributed by atoms with van der Waals surface area (Å²) in [7, 11) is 1.64. The Morgan fingerprint density at radius 1 is 1.17 bits per heavy atom. The molecule has 0 saturated carbocycles. The molecule has 0 aliphatic carbocycles. The Kier molecular flexibility index (Phi) is 10.8. The Balaban J connectivity index is 1.50. The maximum absolute atomic E-state index is 13.5. The minimum Gasteiger partial charge on any atom is -0.494 e. The second-order valence-electron chi connectivity index (χ2n) is 12.0. The Labute approximate surface area is 243 Å². The van der Waals surface area contributed by atoms with Crippen LogP contribution in [-0.4, -0.2) is 55.1 Å². The average Bonchev–Trinajstić information content (AvgIpc) is 3.35. The fraction of sp³-hybridized carbons (Fsp3) is 0.500. The molecule has 1 aromatic heterocycles. The topological polar surface area (TPSA) is 118 Å². The van der Waals surface area contributed by atoms with Crippen molar-refractivity contribution >= 4 is 11.6 Å². The third-order valence-electron chi connectivity index (χ3n) is 6.84. The molecule has 0 radical (unpaired) electrons. The number of anilines is 1. The predicted octanol–water partition coefficient (Wildman–Crippen LogP) is 4.49. The van der Waals surface area contributed by atoms with E-state index >= 15 is 0 Å². The molecule has 1 aliphatic heterocycles. The van der Waals surface area contributed by atoms with E-state index in [1.54, 1.807) is 7.11 Å². The lowest BCUT2D eigenvalue weighted by Crippen LogP contribution is -2.48. The molecule has 9 nitrogen and oxygen atoms in total. The molecule has 3 aromatic rings. The molecule has 0 unspecified atom stereocenters. The zero-order valence-corrected chi connectivity index (χ0v) is 24.7. The zero-order chi connectivity index (χ0) is 29.2. The van der Waals surface area contributed by atoms with Crippen LogP contribution >= 0.6 is 0 Å². The highest BCUT2D eigenvalue weighted by Crippen LogP contribution is 2.22. The van der Waals surface area contributed by atoms with E-state index in [-0.39, 0.29) is 17.9 Å². The average molecular weight is 565 g/mol. The molecular formula is C32H44N4O5. The van der Waals surface area contributed by atoms with Gasteiger partial charge in [0.15, 0.2) is 0 Å². The summed E-state index contributed by atoms with van der Waals surface area (Å²) in [6.45, 7) is 8.94. The Morgan fingerprint density at radius 3 is 2.83 bits per heavy atom. The van der Waals surface area contributed by atoms with Crippen molar-refractivity contribution in [3.8, 4) is 5.75 Å². The minimum atomic E-state index is -0.858. The number of nitrogens with one attached hydrogen (secondary N) is 3. The Bertz CT molecular complexity index is 1270. The largest absolute Gasteiger partial charge is 0.494 e. The summed E-state index contributed by atoms with van der Waals surface area (Å²) < 4.78 is 16.8. The molecule has 2 heterocycles. The van der Waals surface area contributed by atoms with Crippen molar-refractivity contribution in [2.45, 2.75) is 71.8 Å². The standard InChI is InChI=1S/C32H44N4O5/c1-32(2,3)18-28-17-26(36-41-28)19-33-20-30(37)29-15-22-8-7-9-27(14-22)40-11-6-5-10-34-25-13-23(21-39-4)12-24(16-25)31(38)35-29/h7-9,12-14,16-17,29-30,33-34,37H,5-6,10-11,15,18-21H2,1-4H3,(H,35,38)/t29-,30+/m0/s1. The Morgan fingerprint density at radius 2 is 2.02 bits per heavy atom. The van der Waals surface area contributed by atoms with Gasteiger partial charge in [0, 0.05) is 50.5 Å². The molecular weight excluding hydrogens is 520 g/mol. The van der Waals surface area contributed by atoms with Gasteiger partial charge in [0.25, 0.3) is 5.91 Å². The van der Waals surface area contributed by atoms with Gasteiger partial charge in [-0.1, -0.05) is 38.1 Å². The first kappa shape index (κ1) is 30.6. The monoisotopic (exact) mass is 564 g/mol. The van der Waals surface area contributed by atoms with Gasteiger partial charge < -0.3 is 35.1 Å². The Hall–Kier alpha value is -3.40. The van der Waals surface area contributed by atoms with E-state index in [9.17, 15) is 9.90 Å². The number of hydrogen-bond donors (Lipinski definition) is 4. The number of rotatable bonds is 8. The van der Waals surface area contributed by atoms with Gasteiger partial charge in [-0.2, -0.15) is 0 Å².